The van der Waals surface area contributed by atoms with Gasteiger partial charge in [0.05, 0.1) is 5.60 Å². The molecule has 0 aliphatic rings. The number of hydrogen-bond donors (Lipinski definition) is 0. The molecule has 0 radical (unpaired) electrons. The highest BCUT2D eigenvalue weighted by Crippen LogP contribution is 2.37. The summed E-state index contributed by atoms with van der Waals surface area (Å²) in [6.45, 7) is 24.4. The topological polar surface area (TPSA) is 12.5 Å². The van der Waals surface area contributed by atoms with E-state index < -0.39 is 0 Å². The van der Waals surface area contributed by atoms with Crippen molar-refractivity contribution >= 4 is 0 Å². The third-order valence-corrected chi connectivity index (χ3v) is 2.49. The van der Waals surface area contributed by atoms with Gasteiger partial charge in [-0.15, -0.1) is 0 Å². The Morgan fingerprint density at radius 1 is 0.722 bits per heavy atom. The van der Waals surface area contributed by atoms with Crippen molar-refractivity contribution in [1.82, 2.24) is 5.06 Å². The van der Waals surface area contributed by atoms with Gasteiger partial charge in [-0.3, -0.25) is 4.84 Å². The van der Waals surface area contributed by atoms with E-state index >= 15 is 0 Å². The fourth-order valence-corrected chi connectivity index (χ4v) is 2.81. The van der Waals surface area contributed by atoms with Gasteiger partial charge in [0.1, 0.15) is 0 Å². The molecule has 2 heteroatoms. The lowest BCUT2D eigenvalue weighted by molar-refractivity contribution is -0.313. The maximum atomic E-state index is 6.25. The second-order valence-corrected chi connectivity index (χ2v) is 9.22. The van der Waals surface area contributed by atoms with Gasteiger partial charge < -0.3 is 0 Å². The SMILES string of the molecule is CC(C)(C)CC(C)(C)N(OC(C)(C)C)C(C)(C)C. The summed E-state index contributed by atoms with van der Waals surface area (Å²) in [7, 11) is 0. The lowest BCUT2D eigenvalue weighted by Crippen LogP contribution is -2.57. The highest BCUT2D eigenvalue weighted by Gasteiger charge is 2.40. The van der Waals surface area contributed by atoms with Gasteiger partial charge in [-0.1, -0.05) is 20.8 Å². The summed E-state index contributed by atoms with van der Waals surface area (Å²) in [6.07, 6.45) is 1.09. The average Bonchev–Trinajstić information content (AvgIpc) is 1.90. The molecule has 18 heavy (non-hydrogen) atoms. The van der Waals surface area contributed by atoms with Crippen LogP contribution in [-0.2, 0) is 4.84 Å². The fourth-order valence-electron chi connectivity index (χ4n) is 2.81. The van der Waals surface area contributed by atoms with Gasteiger partial charge in [-0.2, -0.15) is 5.06 Å². The summed E-state index contributed by atoms with van der Waals surface area (Å²) < 4.78 is 0. The van der Waals surface area contributed by atoms with Crippen molar-refractivity contribution in [2.45, 2.75) is 99.3 Å². The normalized spacial score (nSPS) is 15.3. The summed E-state index contributed by atoms with van der Waals surface area (Å²) in [5, 5.41) is 2.19. The molecule has 0 spiro atoms. The van der Waals surface area contributed by atoms with Crippen molar-refractivity contribution in [3.8, 4) is 0 Å². The van der Waals surface area contributed by atoms with E-state index in [0.29, 0.717) is 0 Å². The second-order valence-electron chi connectivity index (χ2n) is 9.22. The molecule has 0 N–H and O–H groups in total. The van der Waals surface area contributed by atoms with Gasteiger partial charge in [0.25, 0.3) is 0 Å². The van der Waals surface area contributed by atoms with Gasteiger partial charge in [-0.25, -0.2) is 0 Å². The molecule has 0 amide bonds. The first-order valence-electron chi connectivity index (χ1n) is 7.04. The van der Waals surface area contributed by atoms with Gasteiger partial charge in [-0.05, 0) is 67.2 Å². The summed E-state index contributed by atoms with van der Waals surface area (Å²) in [6, 6.07) is 0. The molecule has 0 aromatic rings. The average molecular weight is 257 g/mol. The number of hydrogen-bond acceptors (Lipinski definition) is 2. The second kappa shape index (κ2) is 5.13. The Kier molecular flexibility index (Phi) is 5.10. The standard InChI is InChI=1S/C16H35NO/c1-13(2,3)12-16(10,11)17(14(4,5)6)18-15(7,8)9/h12H2,1-11H3. The molecule has 0 aromatic heterocycles. The maximum Gasteiger partial charge on any atom is 0.0816 e. The van der Waals surface area contributed by atoms with E-state index in [1.54, 1.807) is 0 Å². The van der Waals surface area contributed by atoms with Crippen LogP contribution in [0.5, 0.6) is 0 Å². The quantitative estimate of drug-likeness (QED) is 0.657. The molecule has 0 saturated heterocycles. The summed E-state index contributed by atoms with van der Waals surface area (Å²) in [5.41, 5.74) is 0.114. The minimum Gasteiger partial charge on any atom is -0.292 e. The predicted molar refractivity (Wildman–Crippen MR) is 80.6 cm³/mol. The molecule has 110 valence electrons. The van der Waals surface area contributed by atoms with Crippen LogP contribution in [0, 0.1) is 5.41 Å². The van der Waals surface area contributed by atoms with E-state index in [1.807, 2.05) is 0 Å². The monoisotopic (exact) mass is 257 g/mol. The van der Waals surface area contributed by atoms with Crippen LogP contribution in [0.1, 0.15) is 82.6 Å². The number of nitrogens with zero attached hydrogens (tertiary/aromatic N) is 1. The van der Waals surface area contributed by atoms with Gasteiger partial charge >= 0.3 is 0 Å². The van der Waals surface area contributed by atoms with Crippen LogP contribution in [0.4, 0.5) is 0 Å². The fraction of sp³-hybridized carbons (Fsp3) is 1.00. The minimum absolute atomic E-state index is 0.00375. The molecule has 0 fully saturated rings. The van der Waals surface area contributed by atoms with Crippen molar-refractivity contribution in [3.05, 3.63) is 0 Å². The third-order valence-electron chi connectivity index (χ3n) is 2.49. The first-order chi connectivity index (χ1) is 7.55. The summed E-state index contributed by atoms with van der Waals surface area (Å²) >= 11 is 0. The van der Waals surface area contributed by atoms with Gasteiger partial charge in [0.2, 0.25) is 0 Å². The van der Waals surface area contributed by atoms with Crippen LogP contribution in [0.25, 0.3) is 0 Å². The molecule has 0 atom stereocenters. The van der Waals surface area contributed by atoms with Gasteiger partial charge in [0, 0.05) is 11.1 Å². The lowest BCUT2D eigenvalue weighted by Gasteiger charge is -2.50. The van der Waals surface area contributed by atoms with Crippen molar-refractivity contribution in [2.24, 2.45) is 5.41 Å². The molecule has 0 rings (SSSR count). The highest BCUT2D eigenvalue weighted by molar-refractivity contribution is 4.89. The van der Waals surface area contributed by atoms with E-state index in [2.05, 4.69) is 81.2 Å². The number of hydroxylamine groups is 2. The Hall–Kier alpha value is -0.0800. The van der Waals surface area contributed by atoms with Crippen LogP contribution < -0.4 is 0 Å². The Bertz CT molecular complexity index is 260. The van der Waals surface area contributed by atoms with Crippen molar-refractivity contribution in [2.75, 3.05) is 0 Å². The van der Waals surface area contributed by atoms with Crippen molar-refractivity contribution in [1.29, 1.82) is 0 Å². The zero-order valence-electron chi connectivity index (χ0n) is 14.6. The molecule has 0 bridgehead atoms. The molecular weight excluding hydrogens is 222 g/mol. The van der Waals surface area contributed by atoms with Gasteiger partial charge in [0.15, 0.2) is 0 Å². The molecular formula is C16H35NO. The van der Waals surface area contributed by atoms with Crippen LogP contribution in [0.3, 0.4) is 0 Å². The Morgan fingerprint density at radius 2 is 1.11 bits per heavy atom. The highest BCUT2D eigenvalue weighted by atomic mass is 16.7. The Morgan fingerprint density at radius 3 is 1.33 bits per heavy atom. The Labute approximate surface area is 115 Å². The van der Waals surface area contributed by atoms with Crippen LogP contribution in [0.2, 0.25) is 0 Å². The molecule has 2 nitrogen and oxygen atoms in total. The van der Waals surface area contributed by atoms with E-state index in [0.717, 1.165) is 6.42 Å². The molecule has 0 aliphatic carbocycles. The zero-order valence-corrected chi connectivity index (χ0v) is 14.6. The minimum atomic E-state index is -0.164. The largest absolute Gasteiger partial charge is 0.292 e. The summed E-state index contributed by atoms with van der Waals surface area (Å²) in [5.74, 6) is 0. The lowest BCUT2D eigenvalue weighted by atomic mass is 9.80. The smallest absolute Gasteiger partial charge is 0.0816 e. The maximum absolute atomic E-state index is 6.25. The Balaban J connectivity index is 5.20. The molecule has 0 heterocycles. The first-order valence-corrected chi connectivity index (χ1v) is 7.04. The first kappa shape index (κ1) is 17.9. The van der Waals surface area contributed by atoms with Crippen LogP contribution in [-0.4, -0.2) is 21.7 Å². The van der Waals surface area contributed by atoms with Crippen molar-refractivity contribution < 1.29 is 4.84 Å². The molecule has 0 saturated carbocycles. The summed E-state index contributed by atoms with van der Waals surface area (Å²) in [4.78, 5) is 6.25. The predicted octanol–water partition coefficient (Wildman–Crippen LogP) is 5.03. The number of rotatable bonds is 3. The third kappa shape index (κ3) is 6.75. The van der Waals surface area contributed by atoms with Crippen molar-refractivity contribution in [3.63, 3.8) is 0 Å². The van der Waals surface area contributed by atoms with E-state index in [-0.39, 0.29) is 22.1 Å². The van der Waals surface area contributed by atoms with E-state index in [4.69, 9.17) is 4.84 Å². The molecule has 0 aromatic carbocycles. The molecule has 0 aliphatic heterocycles. The zero-order chi connectivity index (χ0) is 15.0. The van der Waals surface area contributed by atoms with Crippen LogP contribution >= 0.6 is 0 Å². The van der Waals surface area contributed by atoms with Crippen LogP contribution in [0.15, 0.2) is 0 Å². The molecule has 0 unspecified atom stereocenters. The van der Waals surface area contributed by atoms with E-state index in [9.17, 15) is 0 Å². The van der Waals surface area contributed by atoms with E-state index in [1.165, 1.54) is 0 Å².